The molecular formula is C26H26N2O2S. The Kier molecular flexibility index (Phi) is 6.63. The summed E-state index contributed by atoms with van der Waals surface area (Å²) < 4.78 is 6.91. The highest BCUT2D eigenvalue weighted by atomic mass is 32.1. The lowest BCUT2D eigenvalue weighted by Crippen LogP contribution is -2.12. The number of nitrogens with zero attached hydrogens (tertiary/aromatic N) is 1. The van der Waals surface area contributed by atoms with E-state index in [0.29, 0.717) is 19.4 Å². The zero-order valence-electron chi connectivity index (χ0n) is 17.9. The van der Waals surface area contributed by atoms with Crippen LogP contribution >= 0.6 is 11.3 Å². The van der Waals surface area contributed by atoms with Gasteiger partial charge in [-0.25, -0.2) is 4.98 Å². The molecule has 4 rings (SSSR count). The molecule has 0 bridgehead atoms. The normalized spacial score (nSPS) is 10.9. The van der Waals surface area contributed by atoms with Crippen LogP contribution in [0.25, 0.3) is 20.8 Å². The van der Waals surface area contributed by atoms with Gasteiger partial charge in [-0.1, -0.05) is 25.1 Å². The Hall–Kier alpha value is -3.18. The molecule has 158 valence electrons. The number of anilines is 1. The van der Waals surface area contributed by atoms with Crippen molar-refractivity contribution in [3.05, 3.63) is 77.9 Å². The zero-order chi connectivity index (χ0) is 21.6. The maximum Gasteiger partial charge on any atom is 0.224 e. The largest absolute Gasteiger partial charge is 0.494 e. The molecule has 4 aromatic rings. The van der Waals surface area contributed by atoms with E-state index < -0.39 is 0 Å². The molecule has 0 aliphatic carbocycles. The molecule has 0 unspecified atom stereocenters. The maximum absolute atomic E-state index is 12.2. The summed E-state index contributed by atoms with van der Waals surface area (Å²) in [4.78, 5) is 17.0. The lowest BCUT2D eigenvalue weighted by Gasteiger charge is -2.08. The molecule has 1 amide bonds. The minimum atomic E-state index is -0.00635. The van der Waals surface area contributed by atoms with Crippen LogP contribution in [0.3, 0.4) is 0 Å². The second kappa shape index (κ2) is 9.75. The van der Waals surface area contributed by atoms with Crippen molar-refractivity contribution >= 4 is 33.1 Å². The predicted molar refractivity (Wildman–Crippen MR) is 129 cm³/mol. The van der Waals surface area contributed by atoms with E-state index in [1.54, 1.807) is 11.3 Å². The van der Waals surface area contributed by atoms with E-state index in [0.717, 1.165) is 33.9 Å². The van der Waals surface area contributed by atoms with Crippen LogP contribution < -0.4 is 10.1 Å². The van der Waals surface area contributed by atoms with Crippen LogP contribution in [-0.4, -0.2) is 17.5 Å². The number of hydrogen-bond donors (Lipinski definition) is 1. The highest BCUT2D eigenvalue weighted by Gasteiger charge is 2.08. The van der Waals surface area contributed by atoms with Crippen molar-refractivity contribution in [2.24, 2.45) is 0 Å². The van der Waals surface area contributed by atoms with E-state index in [4.69, 9.17) is 9.72 Å². The number of nitrogens with one attached hydrogen (secondary N) is 1. The first-order chi connectivity index (χ1) is 15.1. The van der Waals surface area contributed by atoms with E-state index >= 15 is 0 Å². The lowest BCUT2D eigenvalue weighted by molar-refractivity contribution is -0.116. The SMILES string of the molecule is CCc1ccc(OCCCC(=O)Nc2ccc(-c3nc4ccc(C)cc4s3)cc2)cc1. The van der Waals surface area contributed by atoms with E-state index in [-0.39, 0.29) is 5.91 Å². The molecule has 0 aliphatic heterocycles. The minimum absolute atomic E-state index is 0.00635. The van der Waals surface area contributed by atoms with Crippen LogP contribution in [-0.2, 0) is 11.2 Å². The predicted octanol–water partition coefficient (Wildman–Crippen LogP) is 6.63. The van der Waals surface area contributed by atoms with Crippen molar-refractivity contribution < 1.29 is 9.53 Å². The van der Waals surface area contributed by atoms with E-state index in [1.165, 1.54) is 15.8 Å². The highest BCUT2D eigenvalue weighted by Crippen LogP contribution is 2.31. The third-order valence-electron chi connectivity index (χ3n) is 5.11. The number of benzene rings is 3. The third-order valence-corrected chi connectivity index (χ3v) is 6.18. The summed E-state index contributed by atoms with van der Waals surface area (Å²) in [6, 6.07) is 22.3. The number of carbonyl (C=O) groups excluding carboxylic acids is 1. The molecule has 1 heterocycles. The molecular weight excluding hydrogens is 404 g/mol. The zero-order valence-corrected chi connectivity index (χ0v) is 18.7. The molecule has 3 aromatic carbocycles. The summed E-state index contributed by atoms with van der Waals surface area (Å²) in [6.45, 7) is 4.74. The fraction of sp³-hybridized carbons (Fsp3) is 0.231. The van der Waals surface area contributed by atoms with Gasteiger partial charge in [0.05, 0.1) is 16.8 Å². The van der Waals surface area contributed by atoms with Gasteiger partial charge in [-0.2, -0.15) is 0 Å². The fourth-order valence-corrected chi connectivity index (χ4v) is 4.39. The maximum atomic E-state index is 12.2. The Bertz CT molecular complexity index is 1160. The Morgan fingerprint density at radius 1 is 1.03 bits per heavy atom. The first-order valence-electron chi connectivity index (χ1n) is 10.6. The van der Waals surface area contributed by atoms with Crippen LogP contribution in [0.4, 0.5) is 5.69 Å². The first kappa shape index (κ1) is 21.1. The Labute approximate surface area is 186 Å². The van der Waals surface area contributed by atoms with Crippen LogP contribution in [0, 0.1) is 6.92 Å². The number of fused-ring (bicyclic) bond motifs is 1. The van der Waals surface area contributed by atoms with Gasteiger partial charge in [0.15, 0.2) is 0 Å². The summed E-state index contributed by atoms with van der Waals surface area (Å²) >= 11 is 1.69. The van der Waals surface area contributed by atoms with Crippen molar-refractivity contribution in [2.75, 3.05) is 11.9 Å². The van der Waals surface area contributed by atoms with Crippen molar-refractivity contribution in [1.29, 1.82) is 0 Å². The molecule has 0 fully saturated rings. The number of rotatable bonds is 8. The summed E-state index contributed by atoms with van der Waals surface area (Å²) in [6.07, 6.45) is 2.11. The van der Waals surface area contributed by atoms with Crippen LogP contribution in [0.1, 0.15) is 30.9 Å². The Morgan fingerprint density at radius 3 is 2.55 bits per heavy atom. The number of carbonyl (C=O) groups is 1. The van der Waals surface area contributed by atoms with Crippen LogP contribution in [0.5, 0.6) is 5.75 Å². The van der Waals surface area contributed by atoms with E-state index in [2.05, 4.69) is 49.5 Å². The molecule has 5 heteroatoms. The van der Waals surface area contributed by atoms with Crippen molar-refractivity contribution in [1.82, 2.24) is 4.98 Å². The van der Waals surface area contributed by atoms with Gasteiger partial charge in [0, 0.05) is 17.7 Å². The van der Waals surface area contributed by atoms with Gasteiger partial charge in [-0.3, -0.25) is 4.79 Å². The van der Waals surface area contributed by atoms with Gasteiger partial charge >= 0.3 is 0 Å². The molecule has 0 atom stereocenters. The standard InChI is InChI=1S/C26H26N2O2S/c1-3-19-7-13-22(14-8-19)30-16-4-5-25(29)27-21-11-9-20(10-12-21)26-28-23-15-6-18(2)17-24(23)31-26/h6-15,17H,3-5,16H2,1-2H3,(H,27,29). The summed E-state index contributed by atoms with van der Waals surface area (Å²) in [5, 5.41) is 3.95. The van der Waals surface area contributed by atoms with Gasteiger partial charge in [0.25, 0.3) is 0 Å². The average molecular weight is 431 g/mol. The molecule has 0 spiro atoms. The number of aromatic nitrogens is 1. The topological polar surface area (TPSA) is 51.2 Å². The fourth-order valence-electron chi connectivity index (χ4n) is 3.32. The van der Waals surface area contributed by atoms with Crippen molar-refractivity contribution in [3.8, 4) is 16.3 Å². The number of ether oxygens (including phenoxy) is 1. The number of aryl methyl sites for hydroxylation is 2. The average Bonchev–Trinajstić information content (AvgIpc) is 3.21. The second-order valence-electron chi connectivity index (χ2n) is 7.57. The molecule has 31 heavy (non-hydrogen) atoms. The van der Waals surface area contributed by atoms with Crippen molar-refractivity contribution in [2.45, 2.75) is 33.1 Å². The third kappa shape index (κ3) is 5.50. The van der Waals surface area contributed by atoms with E-state index in [9.17, 15) is 4.79 Å². The van der Waals surface area contributed by atoms with Gasteiger partial charge in [0.1, 0.15) is 10.8 Å². The monoisotopic (exact) mass is 430 g/mol. The van der Waals surface area contributed by atoms with Gasteiger partial charge in [0.2, 0.25) is 5.91 Å². The summed E-state index contributed by atoms with van der Waals surface area (Å²) in [7, 11) is 0. The lowest BCUT2D eigenvalue weighted by atomic mass is 10.2. The Balaban J connectivity index is 1.26. The smallest absolute Gasteiger partial charge is 0.224 e. The molecule has 0 saturated carbocycles. The molecule has 1 N–H and O–H groups in total. The number of hydrogen-bond acceptors (Lipinski definition) is 4. The van der Waals surface area contributed by atoms with Crippen LogP contribution in [0.15, 0.2) is 66.7 Å². The summed E-state index contributed by atoms with van der Waals surface area (Å²) in [5.41, 5.74) is 5.39. The highest BCUT2D eigenvalue weighted by molar-refractivity contribution is 7.21. The molecule has 4 nitrogen and oxygen atoms in total. The van der Waals surface area contributed by atoms with Gasteiger partial charge in [-0.15, -0.1) is 11.3 Å². The number of amides is 1. The molecule has 1 aromatic heterocycles. The van der Waals surface area contributed by atoms with Gasteiger partial charge in [-0.05, 0) is 79.4 Å². The molecule has 0 saturated heterocycles. The van der Waals surface area contributed by atoms with Crippen molar-refractivity contribution in [3.63, 3.8) is 0 Å². The quantitative estimate of drug-likeness (QED) is 0.319. The number of thiazole rings is 1. The second-order valence-corrected chi connectivity index (χ2v) is 8.60. The van der Waals surface area contributed by atoms with Crippen LogP contribution in [0.2, 0.25) is 0 Å². The molecule has 0 aliphatic rings. The Morgan fingerprint density at radius 2 is 1.81 bits per heavy atom. The first-order valence-corrected chi connectivity index (χ1v) is 11.4. The van der Waals surface area contributed by atoms with Gasteiger partial charge < -0.3 is 10.1 Å². The minimum Gasteiger partial charge on any atom is -0.494 e. The van der Waals surface area contributed by atoms with E-state index in [1.807, 2.05) is 36.4 Å². The summed E-state index contributed by atoms with van der Waals surface area (Å²) in [5.74, 6) is 0.839. The molecule has 0 radical (unpaired) electrons.